The van der Waals surface area contributed by atoms with Crippen LogP contribution in [0.3, 0.4) is 0 Å². The van der Waals surface area contributed by atoms with Gasteiger partial charge in [0.2, 0.25) is 0 Å². The van der Waals surface area contributed by atoms with Crippen LogP contribution in [0.15, 0.2) is 24.3 Å². The number of benzene rings is 1. The quantitative estimate of drug-likeness (QED) is 0.611. The second-order valence-corrected chi connectivity index (χ2v) is 4.79. The minimum Gasteiger partial charge on any atom is -0.461 e. The molecule has 5 nitrogen and oxygen atoms in total. The van der Waals surface area contributed by atoms with Crippen molar-refractivity contribution in [3.63, 3.8) is 0 Å². The number of thioether (sulfide) groups is 1. The van der Waals surface area contributed by atoms with E-state index in [2.05, 4.69) is 12.2 Å². The monoisotopic (exact) mass is 268 g/mol. The zero-order valence-electron chi connectivity index (χ0n) is 10.1. The van der Waals surface area contributed by atoms with Crippen LogP contribution in [-0.4, -0.2) is 30.1 Å². The normalized spacial score (nSPS) is 9.83. The maximum Gasteiger partial charge on any atom is 0.338 e. The van der Waals surface area contributed by atoms with Gasteiger partial charge < -0.3 is 15.8 Å². The fourth-order valence-electron chi connectivity index (χ4n) is 1.25. The first-order valence-electron chi connectivity index (χ1n) is 5.55. The smallest absolute Gasteiger partial charge is 0.338 e. The third kappa shape index (κ3) is 5.09. The second-order valence-electron chi connectivity index (χ2n) is 3.40. The van der Waals surface area contributed by atoms with Crippen molar-refractivity contribution in [2.75, 3.05) is 23.4 Å². The van der Waals surface area contributed by atoms with E-state index in [0.717, 1.165) is 11.5 Å². The van der Waals surface area contributed by atoms with E-state index in [1.807, 2.05) is 0 Å². The lowest BCUT2D eigenvalue weighted by Gasteiger charge is -2.05. The number of hydrogen-bond acceptors (Lipinski definition) is 4. The third-order valence-electron chi connectivity index (χ3n) is 2.05. The van der Waals surface area contributed by atoms with Crippen LogP contribution in [0.5, 0.6) is 0 Å². The van der Waals surface area contributed by atoms with Gasteiger partial charge in [0.25, 0.3) is 0 Å². The molecule has 6 heteroatoms. The van der Waals surface area contributed by atoms with Gasteiger partial charge in [-0.3, -0.25) is 0 Å². The second kappa shape index (κ2) is 7.60. The Hall–Kier alpha value is -1.69. The van der Waals surface area contributed by atoms with E-state index in [9.17, 15) is 9.59 Å². The first-order chi connectivity index (χ1) is 8.63. The maximum atomic E-state index is 11.6. The topological polar surface area (TPSA) is 81.4 Å². The van der Waals surface area contributed by atoms with Gasteiger partial charge in [-0.15, -0.1) is 0 Å². The van der Waals surface area contributed by atoms with E-state index >= 15 is 0 Å². The number of carbonyl (C=O) groups excluding carboxylic acids is 2. The zero-order chi connectivity index (χ0) is 13.4. The Morgan fingerprint density at radius 2 is 2.00 bits per heavy atom. The standard InChI is InChI=1S/C12H16N2O3S/c1-2-18-8-7-17-11(15)9-3-5-10(6-4-9)14-12(13)16/h3-6H,2,7-8H2,1H3,(H3,13,14,16). The number of nitrogens with two attached hydrogens (primary N) is 1. The summed E-state index contributed by atoms with van der Waals surface area (Å²) in [6, 6.07) is 5.73. The van der Waals surface area contributed by atoms with Crippen molar-refractivity contribution >= 4 is 29.4 Å². The summed E-state index contributed by atoms with van der Waals surface area (Å²) in [5.41, 5.74) is 5.97. The van der Waals surface area contributed by atoms with Crippen LogP contribution in [0, 0.1) is 0 Å². The fraction of sp³-hybridized carbons (Fsp3) is 0.333. The summed E-state index contributed by atoms with van der Waals surface area (Å²) in [7, 11) is 0. The number of nitrogens with one attached hydrogen (secondary N) is 1. The minimum absolute atomic E-state index is 0.364. The first-order valence-corrected chi connectivity index (χ1v) is 6.70. The summed E-state index contributed by atoms with van der Waals surface area (Å²) < 4.78 is 5.08. The molecule has 3 N–H and O–H groups in total. The van der Waals surface area contributed by atoms with Crippen LogP contribution in [0.4, 0.5) is 10.5 Å². The van der Waals surface area contributed by atoms with E-state index in [4.69, 9.17) is 10.5 Å². The molecule has 1 rings (SSSR count). The van der Waals surface area contributed by atoms with Gasteiger partial charge in [-0.2, -0.15) is 11.8 Å². The van der Waals surface area contributed by atoms with Crippen molar-refractivity contribution in [2.45, 2.75) is 6.92 Å². The summed E-state index contributed by atoms with van der Waals surface area (Å²) in [5.74, 6) is 1.44. The number of esters is 1. The van der Waals surface area contributed by atoms with Gasteiger partial charge in [0, 0.05) is 11.4 Å². The van der Waals surface area contributed by atoms with E-state index in [1.165, 1.54) is 0 Å². The Bertz CT molecular complexity index is 406. The maximum absolute atomic E-state index is 11.6. The number of amides is 2. The molecule has 0 unspecified atom stereocenters. The average molecular weight is 268 g/mol. The fourth-order valence-corrected chi connectivity index (χ4v) is 1.74. The molecule has 0 bridgehead atoms. The predicted molar refractivity (Wildman–Crippen MR) is 72.9 cm³/mol. The van der Waals surface area contributed by atoms with Crippen molar-refractivity contribution in [3.8, 4) is 0 Å². The van der Waals surface area contributed by atoms with Crippen molar-refractivity contribution < 1.29 is 14.3 Å². The molecule has 0 saturated carbocycles. The highest BCUT2D eigenvalue weighted by Gasteiger charge is 2.06. The number of anilines is 1. The number of primary amides is 1. The van der Waals surface area contributed by atoms with Gasteiger partial charge in [-0.25, -0.2) is 9.59 Å². The Labute approximate surface area is 110 Å². The van der Waals surface area contributed by atoms with Gasteiger partial charge in [0.05, 0.1) is 5.56 Å². The summed E-state index contributed by atoms with van der Waals surface area (Å²) in [5, 5.41) is 2.41. The van der Waals surface area contributed by atoms with Crippen LogP contribution in [0.25, 0.3) is 0 Å². The van der Waals surface area contributed by atoms with Gasteiger partial charge in [-0.1, -0.05) is 6.92 Å². The summed E-state index contributed by atoms with van der Waals surface area (Å²) in [6.45, 7) is 2.45. The molecule has 2 amide bonds. The number of carbonyl (C=O) groups is 2. The van der Waals surface area contributed by atoms with Crippen LogP contribution in [0.1, 0.15) is 17.3 Å². The lowest BCUT2D eigenvalue weighted by molar-refractivity contribution is 0.0530. The van der Waals surface area contributed by atoms with Gasteiger partial charge in [0.1, 0.15) is 6.61 Å². The molecule has 0 aromatic heterocycles. The molecule has 1 aromatic rings. The molecule has 0 spiro atoms. The molecule has 0 fully saturated rings. The summed E-state index contributed by atoms with van der Waals surface area (Å²) >= 11 is 1.72. The Balaban J connectivity index is 2.46. The lowest BCUT2D eigenvalue weighted by atomic mass is 10.2. The van der Waals surface area contributed by atoms with Crippen LogP contribution >= 0.6 is 11.8 Å². The Morgan fingerprint density at radius 1 is 1.33 bits per heavy atom. The SMILES string of the molecule is CCSCCOC(=O)c1ccc(NC(N)=O)cc1. The van der Waals surface area contributed by atoms with Crippen molar-refractivity contribution in [3.05, 3.63) is 29.8 Å². The highest BCUT2D eigenvalue weighted by atomic mass is 32.2. The highest BCUT2D eigenvalue weighted by Crippen LogP contribution is 2.10. The molecular weight excluding hydrogens is 252 g/mol. The summed E-state index contributed by atoms with van der Waals surface area (Å²) in [4.78, 5) is 22.2. The molecule has 0 heterocycles. The van der Waals surface area contributed by atoms with Crippen molar-refractivity contribution in [1.29, 1.82) is 0 Å². The van der Waals surface area contributed by atoms with Gasteiger partial charge >= 0.3 is 12.0 Å². The molecular formula is C12H16N2O3S. The Kier molecular flexibility index (Phi) is 6.07. The molecule has 0 saturated heterocycles. The molecule has 0 aliphatic heterocycles. The predicted octanol–water partition coefficient (Wildman–Crippen LogP) is 2.09. The van der Waals surface area contributed by atoms with E-state index in [-0.39, 0.29) is 5.97 Å². The minimum atomic E-state index is -0.637. The average Bonchev–Trinajstić information content (AvgIpc) is 2.34. The molecule has 0 aliphatic rings. The van der Waals surface area contributed by atoms with Crippen LogP contribution in [-0.2, 0) is 4.74 Å². The highest BCUT2D eigenvalue weighted by molar-refractivity contribution is 7.99. The van der Waals surface area contributed by atoms with E-state index < -0.39 is 6.03 Å². The number of hydrogen-bond donors (Lipinski definition) is 2. The van der Waals surface area contributed by atoms with Gasteiger partial charge in [-0.05, 0) is 30.0 Å². The molecule has 98 valence electrons. The zero-order valence-corrected chi connectivity index (χ0v) is 11.0. The lowest BCUT2D eigenvalue weighted by Crippen LogP contribution is -2.19. The van der Waals surface area contributed by atoms with Crippen LogP contribution < -0.4 is 11.1 Å². The van der Waals surface area contributed by atoms with Crippen molar-refractivity contribution in [1.82, 2.24) is 0 Å². The molecule has 0 aliphatic carbocycles. The Morgan fingerprint density at radius 3 is 2.56 bits per heavy atom. The number of urea groups is 1. The number of rotatable bonds is 6. The molecule has 0 radical (unpaired) electrons. The van der Waals surface area contributed by atoms with Gasteiger partial charge in [0.15, 0.2) is 0 Å². The molecule has 1 aromatic carbocycles. The van der Waals surface area contributed by atoms with E-state index in [1.54, 1.807) is 36.0 Å². The third-order valence-corrected chi connectivity index (χ3v) is 2.92. The van der Waals surface area contributed by atoms with Crippen LogP contribution in [0.2, 0.25) is 0 Å². The van der Waals surface area contributed by atoms with Crippen molar-refractivity contribution in [2.24, 2.45) is 5.73 Å². The molecule has 0 atom stereocenters. The first kappa shape index (κ1) is 14.4. The number of ether oxygens (including phenoxy) is 1. The van der Waals surface area contributed by atoms with E-state index in [0.29, 0.717) is 17.9 Å². The molecule has 18 heavy (non-hydrogen) atoms. The summed E-state index contributed by atoms with van der Waals surface area (Å²) in [6.07, 6.45) is 0. The largest absolute Gasteiger partial charge is 0.461 e.